The average molecular weight is 352 g/mol. The molecule has 1 heterocycles. The maximum absolute atomic E-state index is 12.3. The Bertz CT molecular complexity index is 421. The van der Waals surface area contributed by atoms with Crippen molar-refractivity contribution in [2.24, 2.45) is 11.8 Å². The van der Waals surface area contributed by atoms with E-state index in [0.29, 0.717) is 32.1 Å². The number of carbonyl (C=O) groups excluding carboxylic acids is 1. The van der Waals surface area contributed by atoms with Crippen LogP contribution in [0.15, 0.2) is 0 Å². The van der Waals surface area contributed by atoms with Gasteiger partial charge in [0.2, 0.25) is 5.91 Å². The van der Waals surface area contributed by atoms with Gasteiger partial charge in [0.25, 0.3) is 0 Å². The summed E-state index contributed by atoms with van der Waals surface area (Å²) < 4.78 is 6.34. The van der Waals surface area contributed by atoms with Crippen molar-refractivity contribution < 1.29 is 14.6 Å². The Morgan fingerprint density at radius 2 is 1.72 bits per heavy atom. The summed E-state index contributed by atoms with van der Waals surface area (Å²) in [6, 6.07) is 0.0715. The summed E-state index contributed by atoms with van der Waals surface area (Å²) >= 11 is 0. The van der Waals surface area contributed by atoms with Gasteiger partial charge in [-0.05, 0) is 37.5 Å². The smallest absolute Gasteiger partial charge is 0.222 e. The molecule has 3 fully saturated rings. The molecule has 4 nitrogen and oxygen atoms in total. The molecule has 0 spiro atoms. The molecule has 0 aromatic carbocycles. The second-order valence-electron chi connectivity index (χ2n) is 8.62. The second kappa shape index (κ2) is 9.36. The fraction of sp³-hybridized carbons (Fsp3) is 0.952. The summed E-state index contributed by atoms with van der Waals surface area (Å²) in [6.45, 7) is 3.13. The predicted octanol–water partition coefficient (Wildman–Crippen LogP) is 3.90. The number of ether oxygens (including phenoxy) is 1. The first kappa shape index (κ1) is 19.2. The average Bonchev–Trinajstić information content (AvgIpc) is 3.19. The summed E-state index contributed by atoms with van der Waals surface area (Å²) in [5, 5.41) is 10.0. The molecule has 4 atom stereocenters. The van der Waals surface area contributed by atoms with Crippen molar-refractivity contribution >= 4 is 5.91 Å². The lowest BCUT2D eigenvalue weighted by Gasteiger charge is -2.28. The molecule has 1 saturated heterocycles. The monoisotopic (exact) mass is 351 g/mol. The van der Waals surface area contributed by atoms with Crippen molar-refractivity contribution in [3.63, 3.8) is 0 Å². The molecular weight excluding hydrogens is 314 g/mol. The van der Waals surface area contributed by atoms with Gasteiger partial charge >= 0.3 is 0 Å². The predicted molar refractivity (Wildman–Crippen MR) is 99.3 cm³/mol. The van der Waals surface area contributed by atoms with Gasteiger partial charge in [0, 0.05) is 13.0 Å². The third kappa shape index (κ3) is 5.19. The quantitative estimate of drug-likeness (QED) is 0.738. The lowest BCUT2D eigenvalue weighted by Crippen LogP contribution is -2.39. The molecule has 1 amide bonds. The van der Waals surface area contributed by atoms with Crippen LogP contribution in [0.5, 0.6) is 0 Å². The van der Waals surface area contributed by atoms with Crippen molar-refractivity contribution in [2.45, 2.75) is 102 Å². The van der Waals surface area contributed by atoms with Crippen molar-refractivity contribution in [1.82, 2.24) is 4.90 Å². The van der Waals surface area contributed by atoms with Crippen LogP contribution in [0.1, 0.15) is 84.0 Å². The number of amides is 1. The molecule has 2 aliphatic carbocycles. The minimum Gasteiger partial charge on any atom is -0.391 e. The Labute approximate surface area is 153 Å². The lowest BCUT2D eigenvalue weighted by atomic mass is 9.84. The summed E-state index contributed by atoms with van der Waals surface area (Å²) in [7, 11) is 0. The number of hydrogen-bond donors (Lipinski definition) is 1. The van der Waals surface area contributed by atoms with Gasteiger partial charge in [-0.2, -0.15) is 0 Å². The molecule has 144 valence electrons. The SMILES string of the molecule is CCCC(=O)N1C[C@H](O)C[C@H]1COC1CCCCC(C2CCCC2)C1. The Kier molecular flexibility index (Phi) is 7.18. The van der Waals surface area contributed by atoms with Gasteiger partial charge in [0.05, 0.1) is 24.9 Å². The van der Waals surface area contributed by atoms with Crippen LogP contribution >= 0.6 is 0 Å². The van der Waals surface area contributed by atoms with Crippen LogP contribution < -0.4 is 0 Å². The van der Waals surface area contributed by atoms with Gasteiger partial charge in [-0.3, -0.25) is 4.79 Å². The molecule has 1 aliphatic heterocycles. The molecule has 2 saturated carbocycles. The molecule has 0 aromatic heterocycles. The summed E-state index contributed by atoms with van der Waals surface area (Å²) in [5.41, 5.74) is 0. The zero-order valence-corrected chi connectivity index (χ0v) is 16.0. The highest BCUT2D eigenvalue weighted by atomic mass is 16.5. The molecule has 3 rings (SSSR count). The van der Waals surface area contributed by atoms with Crippen LogP contribution in [0.4, 0.5) is 0 Å². The highest BCUT2D eigenvalue weighted by Gasteiger charge is 2.35. The molecular formula is C21H37NO3. The molecule has 0 aromatic rings. The number of aliphatic hydroxyl groups is 1. The molecule has 4 heteroatoms. The van der Waals surface area contributed by atoms with E-state index < -0.39 is 0 Å². The van der Waals surface area contributed by atoms with Gasteiger partial charge in [-0.1, -0.05) is 51.9 Å². The van der Waals surface area contributed by atoms with Gasteiger partial charge < -0.3 is 14.7 Å². The number of likely N-dealkylation sites (tertiary alicyclic amines) is 1. The van der Waals surface area contributed by atoms with E-state index in [-0.39, 0.29) is 18.1 Å². The number of aliphatic hydroxyl groups excluding tert-OH is 1. The maximum Gasteiger partial charge on any atom is 0.222 e. The number of β-amino-alcohol motifs (C(OH)–C–C–N with tert-alkyl or cyclic N) is 1. The van der Waals surface area contributed by atoms with Crippen molar-refractivity contribution in [1.29, 1.82) is 0 Å². The van der Waals surface area contributed by atoms with Crippen LogP contribution in [0.2, 0.25) is 0 Å². The first-order chi connectivity index (χ1) is 12.2. The Morgan fingerprint density at radius 3 is 2.44 bits per heavy atom. The highest BCUT2D eigenvalue weighted by molar-refractivity contribution is 5.76. The van der Waals surface area contributed by atoms with Gasteiger partial charge in [-0.25, -0.2) is 0 Å². The Balaban J connectivity index is 1.51. The minimum atomic E-state index is -0.380. The zero-order valence-electron chi connectivity index (χ0n) is 16.0. The third-order valence-corrected chi connectivity index (χ3v) is 6.68. The Hall–Kier alpha value is -0.610. The van der Waals surface area contributed by atoms with E-state index in [1.54, 1.807) is 0 Å². The van der Waals surface area contributed by atoms with Crippen molar-refractivity contribution in [3.05, 3.63) is 0 Å². The fourth-order valence-electron chi connectivity index (χ4n) is 5.32. The van der Waals surface area contributed by atoms with E-state index in [4.69, 9.17) is 4.74 Å². The van der Waals surface area contributed by atoms with Crippen LogP contribution in [0.25, 0.3) is 0 Å². The van der Waals surface area contributed by atoms with E-state index in [9.17, 15) is 9.90 Å². The van der Waals surface area contributed by atoms with Crippen LogP contribution in [-0.2, 0) is 9.53 Å². The summed E-state index contributed by atoms with van der Waals surface area (Å²) in [4.78, 5) is 14.2. The lowest BCUT2D eigenvalue weighted by molar-refractivity contribution is -0.134. The first-order valence-corrected chi connectivity index (χ1v) is 10.8. The van der Waals surface area contributed by atoms with E-state index in [2.05, 4.69) is 0 Å². The fourth-order valence-corrected chi connectivity index (χ4v) is 5.32. The molecule has 3 aliphatic rings. The van der Waals surface area contributed by atoms with Crippen LogP contribution in [0.3, 0.4) is 0 Å². The minimum absolute atomic E-state index is 0.0715. The van der Waals surface area contributed by atoms with Gasteiger partial charge in [0.15, 0.2) is 0 Å². The number of nitrogens with zero attached hydrogens (tertiary/aromatic N) is 1. The molecule has 0 radical (unpaired) electrons. The molecule has 0 bridgehead atoms. The topological polar surface area (TPSA) is 49.8 Å². The van der Waals surface area contributed by atoms with Crippen LogP contribution in [-0.4, -0.2) is 47.3 Å². The highest BCUT2D eigenvalue weighted by Crippen LogP contribution is 2.39. The number of rotatable bonds is 6. The van der Waals surface area contributed by atoms with Crippen molar-refractivity contribution in [3.8, 4) is 0 Å². The summed E-state index contributed by atoms with van der Waals surface area (Å²) in [6.07, 6.45) is 14.2. The van der Waals surface area contributed by atoms with Gasteiger partial charge in [0.1, 0.15) is 0 Å². The third-order valence-electron chi connectivity index (χ3n) is 6.68. The number of carbonyl (C=O) groups is 1. The Morgan fingerprint density at radius 1 is 1.04 bits per heavy atom. The zero-order chi connectivity index (χ0) is 17.6. The summed E-state index contributed by atoms with van der Waals surface area (Å²) in [5.74, 6) is 1.96. The van der Waals surface area contributed by atoms with Crippen LogP contribution in [0, 0.1) is 11.8 Å². The van der Waals surface area contributed by atoms with E-state index in [0.717, 1.165) is 18.3 Å². The molecule has 2 unspecified atom stereocenters. The normalized spacial score (nSPS) is 34.4. The van der Waals surface area contributed by atoms with Gasteiger partial charge in [-0.15, -0.1) is 0 Å². The van der Waals surface area contributed by atoms with E-state index in [1.165, 1.54) is 57.8 Å². The standard InChI is InChI=1S/C21H37NO3/c1-2-7-21(24)22-14-19(23)13-18(22)15-25-20-11-6-5-10-17(12-20)16-8-3-4-9-16/h16-20,23H,2-15H2,1H3/t17?,18-,19+,20?/m0/s1. The van der Waals surface area contributed by atoms with Crippen molar-refractivity contribution in [2.75, 3.05) is 13.2 Å². The molecule has 25 heavy (non-hydrogen) atoms. The van der Waals surface area contributed by atoms with E-state index in [1.807, 2.05) is 11.8 Å². The largest absolute Gasteiger partial charge is 0.391 e. The number of hydrogen-bond acceptors (Lipinski definition) is 3. The first-order valence-electron chi connectivity index (χ1n) is 10.8. The van der Waals surface area contributed by atoms with E-state index >= 15 is 0 Å². The maximum atomic E-state index is 12.3. The molecule has 1 N–H and O–H groups in total. The second-order valence-corrected chi connectivity index (χ2v) is 8.62.